The van der Waals surface area contributed by atoms with Crippen molar-refractivity contribution >= 4 is 0 Å². The maximum atomic E-state index is 13.5. The first-order valence-corrected chi connectivity index (χ1v) is 6.60. The zero-order valence-electron chi connectivity index (χ0n) is 11.2. The van der Waals surface area contributed by atoms with Crippen molar-refractivity contribution in [2.45, 2.75) is 12.5 Å². The normalized spacial score (nSPS) is 18.3. The van der Waals surface area contributed by atoms with Crippen molar-refractivity contribution in [1.29, 1.82) is 0 Å². The Kier molecular flexibility index (Phi) is 5.10. The summed E-state index contributed by atoms with van der Waals surface area (Å²) in [5, 5.41) is 3.26. The number of nitrogens with zero attached hydrogens (tertiary/aromatic N) is 1. The Bertz CT molecular complexity index is 408. The molecular weight excluding hydrogens is 250 g/mol. The Morgan fingerprint density at radius 3 is 2.74 bits per heavy atom. The quantitative estimate of drug-likeness (QED) is 0.887. The van der Waals surface area contributed by atoms with Crippen LogP contribution >= 0.6 is 0 Å². The highest BCUT2D eigenvalue weighted by Gasteiger charge is 2.25. The molecule has 19 heavy (non-hydrogen) atoms. The van der Waals surface area contributed by atoms with Crippen LogP contribution in [0.1, 0.15) is 18.0 Å². The molecule has 0 aromatic heterocycles. The molecule has 0 radical (unpaired) electrons. The van der Waals surface area contributed by atoms with Crippen molar-refractivity contribution in [2.75, 3.05) is 40.0 Å². The average Bonchev–Trinajstić information content (AvgIpc) is 2.45. The van der Waals surface area contributed by atoms with E-state index in [9.17, 15) is 8.78 Å². The number of ether oxygens (including phenoxy) is 1. The Morgan fingerprint density at radius 2 is 2.11 bits per heavy atom. The molecule has 3 nitrogen and oxygen atoms in total. The van der Waals surface area contributed by atoms with Gasteiger partial charge in [-0.3, -0.25) is 9.29 Å². The highest BCUT2D eigenvalue weighted by molar-refractivity contribution is 5.36. The topological polar surface area (TPSA) is 24.5 Å². The van der Waals surface area contributed by atoms with Crippen LogP contribution in [0, 0.1) is 5.82 Å². The molecule has 2 rings (SSSR count). The fourth-order valence-corrected chi connectivity index (χ4v) is 2.60. The predicted octanol–water partition coefficient (Wildman–Crippen LogP) is 2.14. The molecule has 106 valence electrons. The van der Waals surface area contributed by atoms with Crippen LogP contribution in [0.5, 0.6) is 5.75 Å². The summed E-state index contributed by atoms with van der Waals surface area (Å²) in [6, 6.07) is 4.31. The van der Waals surface area contributed by atoms with Gasteiger partial charge in [0.05, 0.1) is 13.8 Å². The number of nitrogens with one attached hydrogen (secondary N) is 1. The smallest absolute Gasteiger partial charge is 0.123 e. The molecule has 0 spiro atoms. The predicted molar refractivity (Wildman–Crippen MR) is 70.7 cm³/mol. The van der Waals surface area contributed by atoms with Crippen LogP contribution in [0.15, 0.2) is 18.2 Å². The fourth-order valence-electron chi connectivity index (χ4n) is 2.60. The van der Waals surface area contributed by atoms with Gasteiger partial charge in [0.15, 0.2) is 0 Å². The Labute approximate surface area is 112 Å². The van der Waals surface area contributed by atoms with Gasteiger partial charge in [-0.15, -0.1) is 0 Å². The van der Waals surface area contributed by atoms with Crippen molar-refractivity contribution < 1.29 is 13.5 Å². The number of hydrogen-bond donors (Lipinski definition) is 1. The summed E-state index contributed by atoms with van der Waals surface area (Å²) in [5.41, 5.74) is 0.738. The van der Waals surface area contributed by atoms with Gasteiger partial charge in [-0.2, -0.15) is 0 Å². The Balaban J connectivity index is 2.28. The molecule has 1 aromatic carbocycles. The lowest BCUT2D eigenvalue weighted by Crippen LogP contribution is -2.45. The SMILES string of the molecule is COc1ccc(F)cc1[C@H](CCF)N1CCNCC1. The highest BCUT2D eigenvalue weighted by Crippen LogP contribution is 2.32. The van der Waals surface area contributed by atoms with Gasteiger partial charge in [-0.05, 0) is 24.6 Å². The van der Waals surface area contributed by atoms with Gasteiger partial charge in [-0.25, -0.2) is 4.39 Å². The van der Waals surface area contributed by atoms with Crippen molar-refractivity contribution in [3.63, 3.8) is 0 Å². The van der Waals surface area contributed by atoms with E-state index in [1.807, 2.05) is 0 Å². The number of rotatable bonds is 5. The molecule has 1 aromatic rings. The molecule has 0 unspecified atom stereocenters. The van der Waals surface area contributed by atoms with Gasteiger partial charge in [0.25, 0.3) is 0 Å². The average molecular weight is 270 g/mol. The van der Waals surface area contributed by atoms with Crippen molar-refractivity contribution in [3.05, 3.63) is 29.6 Å². The molecule has 0 aliphatic carbocycles. The first kappa shape index (κ1) is 14.2. The van der Waals surface area contributed by atoms with Gasteiger partial charge in [0.2, 0.25) is 0 Å². The minimum Gasteiger partial charge on any atom is -0.496 e. The van der Waals surface area contributed by atoms with E-state index in [0.29, 0.717) is 12.2 Å². The van der Waals surface area contributed by atoms with Crippen LogP contribution in [-0.2, 0) is 0 Å². The van der Waals surface area contributed by atoms with Gasteiger partial charge in [-0.1, -0.05) is 0 Å². The lowest BCUT2D eigenvalue weighted by Gasteiger charge is -2.35. The van der Waals surface area contributed by atoms with E-state index < -0.39 is 6.67 Å². The number of alkyl halides is 1. The van der Waals surface area contributed by atoms with Gasteiger partial charge < -0.3 is 10.1 Å². The van der Waals surface area contributed by atoms with E-state index in [1.54, 1.807) is 13.2 Å². The summed E-state index contributed by atoms with van der Waals surface area (Å²) < 4.78 is 31.6. The molecule has 1 aliphatic rings. The molecule has 0 bridgehead atoms. The van der Waals surface area contributed by atoms with E-state index in [1.165, 1.54) is 12.1 Å². The van der Waals surface area contributed by atoms with E-state index in [4.69, 9.17) is 4.74 Å². The standard InChI is InChI=1S/C14H20F2N2O/c1-19-14-3-2-11(16)10-12(14)13(4-5-15)18-8-6-17-7-9-18/h2-3,10,13,17H,4-9H2,1H3/t13-/m0/s1. The zero-order chi connectivity index (χ0) is 13.7. The van der Waals surface area contributed by atoms with E-state index in [2.05, 4.69) is 10.2 Å². The molecule has 0 amide bonds. The largest absolute Gasteiger partial charge is 0.496 e. The molecule has 1 saturated heterocycles. The van der Waals surface area contributed by atoms with Crippen LogP contribution in [0.4, 0.5) is 8.78 Å². The lowest BCUT2D eigenvalue weighted by atomic mass is 10.0. The number of benzene rings is 1. The molecule has 0 saturated carbocycles. The maximum absolute atomic E-state index is 13.5. The molecule has 1 N–H and O–H groups in total. The summed E-state index contributed by atoms with van der Waals surface area (Å²) in [6.45, 7) is 3.00. The number of halogens is 2. The second-order valence-electron chi connectivity index (χ2n) is 4.67. The third-order valence-electron chi connectivity index (χ3n) is 3.53. The van der Waals surface area contributed by atoms with Crippen molar-refractivity contribution in [2.24, 2.45) is 0 Å². The lowest BCUT2D eigenvalue weighted by molar-refractivity contribution is 0.154. The van der Waals surface area contributed by atoms with Crippen LogP contribution in [0.25, 0.3) is 0 Å². The third kappa shape index (κ3) is 3.42. The molecule has 1 fully saturated rings. The molecular formula is C14H20F2N2O. The summed E-state index contributed by atoms with van der Waals surface area (Å²) in [5.74, 6) is 0.313. The molecule has 1 atom stereocenters. The van der Waals surface area contributed by atoms with E-state index >= 15 is 0 Å². The van der Waals surface area contributed by atoms with Crippen molar-refractivity contribution in [3.8, 4) is 5.75 Å². The zero-order valence-corrected chi connectivity index (χ0v) is 11.2. The van der Waals surface area contributed by atoms with Crippen LogP contribution in [0.2, 0.25) is 0 Å². The summed E-state index contributed by atoms with van der Waals surface area (Å²) in [6.07, 6.45) is 0.361. The van der Waals surface area contributed by atoms with Crippen molar-refractivity contribution in [1.82, 2.24) is 10.2 Å². The second-order valence-corrected chi connectivity index (χ2v) is 4.67. The monoisotopic (exact) mass is 270 g/mol. The molecule has 5 heteroatoms. The highest BCUT2D eigenvalue weighted by atomic mass is 19.1. The molecule has 1 heterocycles. The second kappa shape index (κ2) is 6.82. The number of methoxy groups -OCH3 is 1. The van der Waals surface area contributed by atoms with Crippen LogP contribution < -0.4 is 10.1 Å². The summed E-state index contributed by atoms with van der Waals surface area (Å²) in [4.78, 5) is 2.19. The van der Waals surface area contributed by atoms with Gasteiger partial charge >= 0.3 is 0 Å². The first-order valence-electron chi connectivity index (χ1n) is 6.60. The summed E-state index contributed by atoms with van der Waals surface area (Å²) in [7, 11) is 1.56. The third-order valence-corrected chi connectivity index (χ3v) is 3.53. The first-order chi connectivity index (χ1) is 9.26. The minimum atomic E-state index is -0.422. The van der Waals surface area contributed by atoms with E-state index in [-0.39, 0.29) is 11.9 Å². The maximum Gasteiger partial charge on any atom is 0.123 e. The van der Waals surface area contributed by atoms with Gasteiger partial charge in [0.1, 0.15) is 11.6 Å². The summed E-state index contributed by atoms with van der Waals surface area (Å²) >= 11 is 0. The minimum absolute atomic E-state index is 0.127. The fraction of sp³-hybridized carbons (Fsp3) is 0.571. The van der Waals surface area contributed by atoms with Gasteiger partial charge in [0, 0.05) is 37.8 Å². The van der Waals surface area contributed by atoms with Crippen LogP contribution in [0.3, 0.4) is 0 Å². The van der Waals surface area contributed by atoms with E-state index in [0.717, 1.165) is 31.7 Å². The Morgan fingerprint density at radius 1 is 1.37 bits per heavy atom. The molecule has 1 aliphatic heterocycles. The van der Waals surface area contributed by atoms with Crippen LogP contribution in [-0.4, -0.2) is 44.9 Å². The number of hydrogen-bond acceptors (Lipinski definition) is 3. The number of piperazine rings is 1. The Hall–Kier alpha value is -1.20.